The predicted octanol–water partition coefficient (Wildman–Crippen LogP) is 1.48. The molecule has 1 aliphatic rings. The van der Waals surface area contributed by atoms with Crippen molar-refractivity contribution in [2.24, 2.45) is 13.0 Å². The number of nitrogens with zero attached hydrogens (tertiary/aromatic N) is 2. The smallest absolute Gasteiger partial charge is 0.0537 e. The third-order valence-electron chi connectivity index (χ3n) is 2.60. The highest BCUT2D eigenvalue weighted by atomic mass is 15.2. The molecule has 1 N–H and O–H groups in total. The van der Waals surface area contributed by atoms with Crippen molar-refractivity contribution in [3.63, 3.8) is 0 Å². The lowest BCUT2D eigenvalue weighted by Crippen LogP contribution is -2.22. The van der Waals surface area contributed by atoms with Gasteiger partial charge in [-0.3, -0.25) is 4.68 Å². The summed E-state index contributed by atoms with van der Waals surface area (Å²) in [5, 5.41) is 7.73. The summed E-state index contributed by atoms with van der Waals surface area (Å²) in [6.45, 7) is 3.20. The molecule has 1 aliphatic carbocycles. The van der Waals surface area contributed by atoms with Gasteiger partial charge in [0.25, 0.3) is 0 Å². The lowest BCUT2D eigenvalue weighted by molar-refractivity contribution is 0.496. The van der Waals surface area contributed by atoms with Crippen LogP contribution in [0.2, 0.25) is 0 Å². The lowest BCUT2D eigenvalue weighted by atomic mass is 10.1. The van der Waals surface area contributed by atoms with Crippen molar-refractivity contribution < 1.29 is 0 Å². The minimum absolute atomic E-state index is 0.540. The van der Waals surface area contributed by atoms with Gasteiger partial charge < -0.3 is 5.32 Å². The molecule has 0 bridgehead atoms. The zero-order valence-corrected chi connectivity index (χ0v) is 8.33. The van der Waals surface area contributed by atoms with E-state index < -0.39 is 0 Å². The number of rotatable bonds is 4. The van der Waals surface area contributed by atoms with Crippen LogP contribution in [0.3, 0.4) is 0 Å². The topological polar surface area (TPSA) is 29.9 Å². The van der Waals surface area contributed by atoms with Crippen molar-refractivity contribution in [3.8, 4) is 0 Å². The molecule has 0 amide bonds. The van der Waals surface area contributed by atoms with Crippen LogP contribution in [-0.4, -0.2) is 16.3 Å². The highest BCUT2D eigenvalue weighted by Gasteiger charge is 2.32. The van der Waals surface area contributed by atoms with Crippen LogP contribution in [0.15, 0.2) is 12.4 Å². The molecular weight excluding hydrogens is 162 g/mol. The second-order valence-corrected chi connectivity index (χ2v) is 3.82. The number of nitrogens with one attached hydrogen (secondary N) is 1. The third kappa shape index (κ3) is 1.91. The van der Waals surface area contributed by atoms with Gasteiger partial charge in [0, 0.05) is 24.8 Å². The molecule has 1 aromatic rings. The van der Waals surface area contributed by atoms with E-state index in [4.69, 9.17) is 0 Å². The molecule has 3 heteroatoms. The molecule has 0 aromatic carbocycles. The summed E-state index contributed by atoms with van der Waals surface area (Å²) < 4.78 is 1.88. The van der Waals surface area contributed by atoms with Gasteiger partial charge in [-0.15, -0.1) is 0 Å². The van der Waals surface area contributed by atoms with Gasteiger partial charge in [-0.25, -0.2) is 0 Å². The van der Waals surface area contributed by atoms with Crippen molar-refractivity contribution in [1.29, 1.82) is 0 Å². The maximum absolute atomic E-state index is 4.21. The largest absolute Gasteiger partial charge is 0.310 e. The van der Waals surface area contributed by atoms with Gasteiger partial charge in [-0.1, -0.05) is 6.92 Å². The first-order chi connectivity index (χ1) is 6.31. The van der Waals surface area contributed by atoms with Crippen molar-refractivity contribution in [1.82, 2.24) is 15.1 Å². The van der Waals surface area contributed by atoms with E-state index >= 15 is 0 Å². The minimum atomic E-state index is 0.540. The molecule has 13 heavy (non-hydrogen) atoms. The van der Waals surface area contributed by atoms with E-state index in [-0.39, 0.29) is 0 Å². The SMILES string of the molecule is CCNC(c1cnn(C)c1)C1CC1. The van der Waals surface area contributed by atoms with Gasteiger partial charge in [0.1, 0.15) is 0 Å². The normalized spacial score (nSPS) is 18.9. The summed E-state index contributed by atoms with van der Waals surface area (Å²) in [5.41, 5.74) is 1.34. The molecular formula is C10H17N3. The van der Waals surface area contributed by atoms with Crippen molar-refractivity contribution in [2.45, 2.75) is 25.8 Å². The fraction of sp³-hybridized carbons (Fsp3) is 0.700. The van der Waals surface area contributed by atoms with Crippen LogP contribution in [0, 0.1) is 5.92 Å². The van der Waals surface area contributed by atoms with Crippen LogP contribution in [0.25, 0.3) is 0 Å². The summed E-state index contributed by atoms with van der Waals surface area (Å²) in [5.74, 6) is 0.851. The Labute approximate surface area is 79.1 Å². The summed E-state index contributed by atoms with van der Waals surface area (Å²) in [7, 11) is 1.97. The quantitative estimate of drug-likeness (QED) is 0.758. The molecule has 72 valence electrons. The Morgan fingerprint density at radius 3 is 2.92 bits per heavy atom. The minimum Gasteiger partial charge on any atom is -0.310 e. The molecule has 2 rings (SSSR count). The Morgan fingerprint density at radius 2 is 2.46 bits per heavy atom. The fourth-order valence-electron chi connectivity index (χ4n) is 1.81. The van der Waals surface area contributed by atoms with Gasteiger partial charge in [-0.2, -0.15) is 5.10 Å². The first-order valence-corrected chi connectivity index (χ1v) is 5.03. The van der Waals surface area contributed by atoms with Crippen LogP contribution >= 0.6 is 0 Å². The average Bonchev–Trinajstić information content (AvgIpc) is 2.85. The van der Waals surface area contributed by atoms with Crippen LogP contribution in [-0.2, 0) is 7.05 Å². The first kappa shape index (κ1) is 8.75. The number of aryl methyl sites for hydroxylation is 1. The summed E-state index contributed by atoms with van der Waals surface area (Å²) in [4.78, 5) is 0. The molecule has 0 aliphatic heterocycles. The van der Waals surface area contributed by atoms with Crippen LogP contribution < -0.4 is 5.32 Å². The van der Waals surface area contributed by atoms with E-state index in [1.54, 1.807) is 0 Å². The van der Waals surface area contributed by atoms with Crippen LogP contribution in [0.5, 0.6) is 0 Å². The average molecular weight is 179 g/mol. The molecule has 1 atom stereocenters. The lowest BCUT2D eigenvalue weighted by Gasteiger charge is -2.14. The number of hydrogen-bond acceptors (Lipinski definition) is 2. The molecule has 1 aromatic heterocycles. The molecule has 1 heterocycles. The monoisotopic (exact) mass is 179 g/mol. The molecule has 0 spiro atoms. The maximum atomic E-state index is 4.21. The van der Waals surface area contributed by atoms with Crippen molar-refractivity contribution >= 4 is 0 Å². The zero-order valence-electron chi connectivity index (χ0n) is 8.33. The van der Waals surface area contributed by atoms with E-state index in [0.29, 0.717) is 6.04 Å². The molecule has 0 radical (unpaired) electrons. The van der Waals surface area contributed by atoms with Gasteiger partial charge in [-0.05, 0) is 25.3 Å². The van der Waals surface area contributed by atoms with E-state index in [2.05, 4.69) is 23.5 Å². The second kappa shape index (κ2) is 3.50. The second-order valence-electron chi connectivity index (χ2n) is 3.82. The van der Waals surface area contributed by atoms with Crippen molar-refractivity contribution in [3.05, 3.63) is 18.0 Å². The highest BCUT2D eigenvalue weighted by Crippen LogP contribution is 2.40. The van der Waals surface area contributed by atoms with Crippen molar-refractivity contribution in [2.75, 3.05) is 6.54 Å². The summed E-state index contributed by atoms with van der Waals surface area (Å²) in [6, 6.07) is 0.540. The Bertz CT molecular complexity index is 275. The summed E-state index contributed by atoms with van der Waals surface area (Å²) >= 11 is 0. The van der Waals surface area contributed by atoms with Gasteiger partial charge >= 0.3 is 0 Å². The molecule has 3 nitrogen and oxygen atoms in total. The molecule has 1 unspecified atom stereocenters. The maximum Gasteiger partial charge on any atom is 0.0537 e. The first-order valence-electron chi connectivity index (χ1n) is 5.03. The molecule has 1 saturated carbocycles. The third-order valence-corrected chi connectivity index (χ3v) is 2.60. The van der Waals surface area contributed by atoms with E-state index in [0.717, 1.165) is 12.5 Å². The highest BCUT2D eigenvalue weighted by molar-refractivity contribution is 5.13. The van der Waals surface area contributed by atoms with E-state index in [1.807, 2.05) is 17.9 Å². The number of aromatic nitrogens is 2. The van der Waals surface area contributed by atoms with Gasteiger partial charge in [0.05, 0.1) is 6.20 Å². The fourth-order valence-corrected chi connectivity index (χ4v) is 1.81. The Hall–Kier alpha value is -0.830. The van der Waals surface area contributed by atoms with E-state index in [9.17, 15) is 0 Å². The van der Waals surface area contributed by atoms with Crippen LogP contribution in [0.4, 0.5) is 0 Å². The Morgan fingerprint density at radius 1 is 1.69 bits per heavy atom. The zero-order chi connectivity index (χ0) is 9.26. The van der Waals surface area contributed by atoms with E-state index in [1.165, 1.54) is 18.4 Å². The Kier molecular flexibility index (Phi) is 2.36. The molecule has 1 fully saturated rings. The van der Waals surface area contributed by atoms with Gasteiger partial charge in [0.2, 0.25) is 0 Å². The number of hydrogen-bond donors (Lipinski definition) is 1. The Balaban J connectivity index is 2.10. The predicted molar refractivity (Wildman–Crippen MR) is 52.3 cm³/mol. The van der Waals surface area contributed by atoms with Gasteiger partial charge in [0.15, 0.2) is 0 Å². The van der Waals surface area contributed by atoms with Crippen LogP contribution in [0.1, 0.15) is 31.4 Å². The standard InChI is InChI=1S/C10H17N3/c1-3-11-10(8-4-5-8)9-6-12-13(2)7-9/h6-8,10-11H,3-5H2,1-2H3. The molecule has 0 saturated heterocycles. The summed E-state index contributed by atoms with van der Waals surface area (Å²) in [6.07, 6.45) is 6.83.